The lowest BCUT2D eigenvalue weighted by molar-refractivity contribution is -0.130. The highest BCUT2D eigenvalue weighted by atomic mass is 32.2. The van der Waals surface area contributed by atoms with E-state index < -0.39 is 15.8 Å². The van der Waals surface area contributed by atoms with Crippen molar-refractivity contribution in [1.82, 2.24) is 9.80 Å². The van der Waals surface area contributed by atoms with Crippen LogP contribution in [0.3, 0.4) is 0 Å². The summed E-state index contributed by atoms with van der Waals surface area (Å²) >= 11 is 0. The van der Waals surface area contributed by atoms with Crippen LogP contribution in [0.5, 0.6) is 11.5 Å². The van der Waals surface area contributed by atoms with Crippen LogP contribution in [0.2, 0.25) is 0 Å². The van der Waals surface area contributed by atoms with Crippen molar-refractivity contribution in [3.63, 3.8) is 0 Å². The monoisotopic (exact) mass is 475 g/mol. The van der Waals surface area contributed by atoms with Crippen LogP contribution in [0.25, 0.3) is 0 Å². The number of nitrogens with zero attached hydrogens (tertiary/aromatic N) is 2. The molecule has 0 aliphatic carbocycles. The number of piperazine rings is 1. The summed E-state index contributed by atoms with van der Waals surface area (Å²) in [4.78, 5) is 16.5. The molecule has 0 atom stereocenters. The highest BCUT2D eigenvalue weighted by molar-refractivity contribution is 7.93. The molecule has 1 amide bonds. The van der Waals surface area contributed by atoms with Gasteiger partial charge in [-0.3, -0.25) is 14.4 Å². The van der Waals surface area contributed by atoms with Crippen molar-refractivity contribution >= 4 is 21.6 Å². The van der Waals surface area contributed by atoms with Gasteiger partial charge in [-0.05, 0) is 62.2 Å². The number of nitrogens with one attached hydrogen (secondary N) is 1. The van der Waals surface area contributed by atoms with Gasteiger partial charge in [0, 0.05) is 38.4 Å². The van der Waals surface area contributed by atoms with E-state index in [1.807, 2.05) is 26.0 Å². The van der Waals surface area contributed by atoms with Gasteiger partial charge in [-0.25, -0.2) is 8.42 Å². The molecule has 1 heterocycles. The largest absolute Gasteiger partial charge is 0.497 e. The van der Waals surface area contributed by atoms with E-state index >= 15 is 0 Å². The van der Waals surface area contributed by atoms with E-state index in [9.17, 15) is 13.2 Å². The third-order valence-corrected chi connectivity index (χ3v) is 6.59. The third kappa shape index (κ3) is 7.94. The molecule has 2 aromatic rings. The number of ether oxygens (including phenoxy) is 2. The number of benzene rings is 2. The zero-order chi connectivity index (χ0) is 23.8. The molecule has 33 heavy (non-hydrogen) atoms. The lowest BCUT2D eigenvalue weighted by Gasteiger charge is -2.34. The Balaban J connectivity index is 1.42. The Kier molecular flexibility index (Phi) is 8.57. The number of rotatable bonds is 10. The van der Waals surface area contributed by atoms with Crippen molar-refractivity contribution in [3.05, 3.63) is 54.1 Å². The maximum Gasteiger partial charge on any atom is 0.241 e. The lowest BCUT2D eigenvalue weighted by atomic mass is 10.1. The first-order valence-corrected chi connectivity index (χ1v) is 12.8. The topological polar surface area (TPSA) is 88.2 Å². The highest BCUT2D eigenvalue weighted by Crippen LogP contribution is 2.18. The van der Waals surface area contributed by atoms with Crippen molar-refractivity contribution in [2.45, 2.75) is 26.4 Å². The van der Waals surface area contributed by atoms with Crippen LogP contribution in [0, 0.1) is 0 Å². The Morgan fingerprint density at radius 3 is 2.15 bits per heavy atom. The molecule has 0 bridgehead atoms. The molecule has 180 valence electrons. The fourth-order valence-electron chi connectivity index (χ4n) is 3.64. The summed E-state index contributed by atoms with van der Waals surface area (Å²) in [5.41, 5.74) is 1.64. The summed E-state index contributed by atoms with van der Waals surface area (Å²) < 4.78 is 38.2. The molecule has 1 N–H and O–H groups in total. The molecule has 1 saturated heterocycles. The van der Waals surface area contributed by atoms with Gasteiger partial charge in [-0.1, -0.05) is 12.1 Å². The predicted octanol–water partition coefficient (Wildman–Crippen LogP) is 2.61. The second-order valence-electron chi connectivity index (χ2n) is 8.37. The van der Waals surface area contributed by atoms with E-state index in [-0.39, 0.29) is 12.0 Å². The van der Waals surface area contributed by atoms with Crippen molar-refractivity contribution in [2.75, 3.05) is 50.3 Å². The van der Waals surface area contributed by atoms with Gasteiger partial charge in [0.2, 0.25) is 15.9 Å². The van der Waals surface area contributed by atoms with Gasteiger partial charge in [0.25, 0.3) is 0 Å². The van der Waals surface area contributed by atoms with E-state index in [0.717, 1.165) is 31.8 Å². The molecule has 1 aliphatic rings. The van der Waals surface area contributed by atoms with Gasteiger partial charge in [0.05, 0.1) is 13.2 Å². The number of carbonyl (C=O) groups is 1. The number of carbonyl (C=O) groups excluding carboxylic acids is 1. The Hall–Kier alpha value is -2.78. The van der Waals surface area contributed by atoms with E-state index in [1.54, 1.807) is 36.3 Å². The van der Waals surface area contributed by atoms with Crippen molar-refractivity contribution in [2.24, 2.45) is 0 Å². The first kappa shape index (κ1) is 24.9. The van der Waals surface area contributed by atoms with Crippen LogP contribution >= 0.6 is 0 Å². The van der Waals surface area contributed by atoms with Crippen molar-refractivity contribution < 1.29 is 22.7 Å². The van der Waals surface area contributed by atoms with Crippen molar-refractivity contribution in [1.29, 1.82) is 0 Å². The second-order valence-corrected chi connectivity index (χ2v) is 10.1. The fourth-order valence-corrected chi connectivity index (χ4v) is 4.72. The van der Waals surface area contributed by atoms with E-state index in [2.05, 4.69) is 21.8 Å². The number of sulfonamides is 1. The van der Waals surface area contributed by atoms with Crippen molar-refractivity contribution in [3.8, 4) is 11.5 Å². The summed E-state index contributed by atoms with van der Waals surface area (Å²) in [5, 5.41) is 0. The Bertz CT molecular complexity index is 999. The first-order chi connectivity index (χ1) is 15.7. The van der Waals surface area contributed by atoms with Crippen LogP contribution in [0.1, 0.15) is 19.4 Å². The maximum absolute atomic E-state index is 12.6. The Morgan fingerprint density at radius 2 is 1.58 bits per heavy atom. The third-order valence-electron chi connectivity index (χ3n) is 5.41. The molecule has 0 spiro atoms. The number of anilines is 1. The van der Waals surface area contributed by atoms with Gasteiger partial charge >= 0.3 is 0 Å². The molecule has 9 heteroatoms. The molecule has 1 aliphatic heterocycles. The number of hydrogen-bond acceptors (Lipinski definition) is 6. The Labute approximate surface area is 196 Å². The molecule has 0 saturated carbocycles. The average molecular weight is 476 g/mol. The maximum atomic E-state index is 12.6. The fraction of sp³-hybridized carbons (Fsp3) is 0.458. The summed E-state index contributed by atoms with van der Waals surface area (Å²) in [6, 6.07) is 14.7. The predicted molar refractivity (Wildman–Crippen MR) is 129 cm³/mol. The van der Waals surface area contributed by atoms with Crippen LogP contribution < -0.4 is 14.2 Å². The number of methoxy groups -OCH3 is 1. The minimum atomic E-state index is -3.79. The van der Waals surface area contributed by atoms with E-state index in [1.165, 1.54) is 5.56 Å². The van der Waals surface area contributed by atoms with Gasteiger partial charge in [-0.2, -0.15) is 0 Å². The van der Waals surface area contributed by atoms with Gasteiger partial charge in [0.15, 0.2) is 0 Å². The van der Waals surface area contributed by atoms with Crippen LogP contribution in [0.15, 0.2) is 48.5 Å². The van der Waals surface area contributed by atoms with Crippen LogP contribution in [0.4, 0.5) is 5.69 Å². The molecule has 8 nitrogen and oxygen atoms in total. The van der Waals surface area contributed by atoms with Crippen LogP contribution in [-0.4, -0.2) is 75.8 Å². The quantitative estimate of drug-likeness (QED) is 0.568. The van der Waals surface area contributed by atoms with E-state index in [0.29, 0.717) is 24.5 Å². The summed E-state index contributed by atoms with van der Waals surface area (Å²) in [6.45, 7) is 7.24. The Morgan fingerprint density at radius 1 is 0.970 bits per heavy atom. The molecule has 3 rings (SSSR count). The number of hydrogen-bond donors (Lipinski definition) is 1. The molecular formula is C24H33N3O5S. The average Bonchev–Trinajstić information content (AvgIpc) is 2.79. The molecule has 0 radical (unpaired) electrons. The molecular weight excluding hydrogens is 442 g/mol. The minimum absolute atomic E-state index is 0.0353. The lowest BCUT2D eigenvalue weighted by Crippen LogP contribution is -2.50. The molecule has 0 unspecified atom stereocenters. The smallest absolute Gasteiger partial charge is 0.241 e. The number of amides is 1. The van der Waals surface area contributed by atoms with Gasteiger partial charge in [0.1, 0.15) is 17.3 Å². The summed E-state index contributed by atoms with van der Waals surface area (Å²) in [7, 11) is -2.14. The summed E-state index contributed by atoms with van der Waals surface area (Å²) in [6.07, 6.45) is 0.949. The first-order valence-electron chi connectivity index (χ1n) is 11.1. The normalized spacial score (nSPS) is 14.8. The standard InChI is InChI=1S/C24H33N3O5S/c1-19(2)32-23-10-6-21(7-11-23)25-33(29,30)18-24(28)27-16-14-26(15-17-27)13-12-20-4-8-22(31-3)9-5-20/h4-11,19,25H,12-18H2,1-3H3. The summed E-state index contributed by atoms with van der Waals surface area (Å²) in [5.74, 6) is 0.557. The molecule has 2 aromatic carbocycles. The zero-order valence-electron chi connectivity index (χ0n) is 19.5. The highest BCUT2D eigenvalue weighted by Gasteiger charge is 2.25. The molecule has 0 aromatic heterocycles. The molecule has 1 fully saturated rings. The van der Waals surface area contributed by atoms with Gasteiger partial charge < -0.3 is 14.4 Å². The SMILES string of the molecule is COc1ccc(CCN2CCN(C(=O)CS(=O)(=O)Nc3ccc(OC(C)C)cc3)CC2)cc1. The van der Waals surface area contributed by atoms with Gasteiger partial charge in [-0.15, -0.1) is 0 Å². The van der Waals surface area contributed by atoms with E-state index in [4.69, 9.17) is 9.47 Å². The van der Waals surface area contributed by atoms with Crippen LogP contribution in [-0.2, 0) is 21.2 Å². The zero-order valence-corrected chi connectivity index (χ0v) is 20.3. The second kappa shape index (κ2) is 11.4. The minimum Gasteiger partial charge on any atom is -0.497 e.